The van der Waals surface area contributed by atoms with Crippen LogP contribution in [-0.2, 0) is 4.74 Å². The summed E-state index contributed by atoms with van der Waals surface area (Å²) in [5.74, 6) is 0.997. The number of ether oxygens (including phenoxy) is 2. The molecule has 0 saturated carbocycles. The summed E-state index contributed by atoms with van der Waals surface area (Å²) in [6, 6.07) is 8.55. The number of rotatable bonds is 9. The van der Waals surface area contributed by atoms with E-state index in [2.05, 4.69) is 31.3 Å². The number of benzene rings is 1. The fraction of sp³-hybridized carbons (Fsp3) is 0.667. The maximum absolute atomic E-state index is 6.11. The molecule has 2 unspecified atom stereocenters. The van der Waals surface area contributed by atoms with Crippen molar-refractivity contribution in [2.24, 2.45) is 0 Å². The van der Waals surface area contributed by atoms with Gasteiger partial charge >= 0.3 is 0 Å². The number of unbranched alkanes of at least 4 members (excludes halogenated alkanes) is 3. The summed E-state index contributed by atoms with van der Waals surface area (Å²) < 4.78 is 12.0. The van der Waals surface area contributed by atoms with Crippen LogP contribution in [-0.4, -0.2) is 25.9 Å². The minimum atomic E-state index is 0.119. The van der Waals surface area contributed by atoms with Crippen molar-refractivity contribution < 1.29 is 9.47 Å². The normalized spacial score (nSPS) is 20.9. The Hall–Kier alpha value is -1.06. The topological polar surface area (TPSA) is 30.5 Å². The Morgan fingerprint density at radius 1 is 1.14 bits per heavy atom. The van der Waals surface area contributed by atoms with Crippen LogP contribution in [0.5, 0.6) is 5.75 Å². The minimum Gasteiger partial charge on any atom is -0.490 e. The highest BCUT2D eigenvalue weighted by atomic mass is 16.5. The molecule has 0 aliphatic carbocycles. The number of hydrogen-bond acceptors (Lipinski definition) is 3. The van der Waals surface area contributed by atoms with E-state index in [1.807, 2.05) is 12.1 Å². The molecule has 0 aromatic heterocycles. The molecule has 3 heteroatoms. The third-order valence-electron chi connectivity index (χ3n) is 3.97. The lowest BCUT2D eigenvalue weighted by Gasteiger charge is -2.34. The van der Waals surface area contributed by atoms with Crippen molar-refractivity contribution >= 4 is 0 Å². The first-order valence-electron chi connectivity index (χ1n) is 8.43. The van der Waals surface area contributed by atoms with Gasteiger partial charge in [-0.25, -0.2) is 0 Å². The molecule has 0 fully saturated rings. The second kappa shape index (κ2) is 9.06. The molecular weight excluding hydrogens is 262 g/mol. The molecule has 1 aromatic rings. The van der Waals surface area contributed by atoms with Crippen LogP contribution in [0.3, 0.4) is 0 Å². The summed E-state index contributed by atoms with van der Waals surface area (Å²) in [5.41, 5.74) is 1.23. The number of fused-ring (bicyclic) bond motifs is 1. The van der Waals surface area contributed by atoms with Gasteiger partial charge in [0.2, 0.25) is 0 Å². The zero-order valence-electron chi connectivity index (χ0n) is 13.4. The second-order valence-corrected chi connectivity index (χ2v) is 5.75. The van der Waals surface area contributed by atoms with Crippen molar-refractivity contribution in [2.45, 2.75) is 58.1 Å². The molecule has 1 N–H and O–H groups in total. The number of para-hydroxylation sites is 1. The Morgan fingerprint density at radius 3 is 2.81 bits per heavy atom. The smallest absolute Gasteiger partial charge is 0.124 e. The van der Waals surface area contributed by atoms with Crippen molar-refractivity contribution in [3.05, 3.63) is 29.8 Å². The third kappa shape index (κ3) is 4.72. The fourth-order valence-electron chi connectivity index (χ4n) is 2.79. The van der Waals surface area contributed by atoms with Crippen LogP contribution < -0.4 is 10.1 Å². The van der Waals surface area contributed by atoms with Crippen LogP contribution in [0.25, 0.3) is 0 Å². The summed E-state index contributed by atoms with van der Waals surface area (Å²) >= 11 is 0. The van der Waals surface area contributed by atoms with Crippen LogP contribution in [0, 0.1) is 0 Å². The molecule has 21 heavy (non-hydrogen) atoms. The van der Waals surface area contributed by atoms with Crippen LogP contribution in [0.2, 0.25) is 0 Å². The van der Waals surface area contributed by atoms with E-state index >= 15 is 0 Å². The van der Waals surface area contributed by atoms with Gasteiger partial charge in [0.05, 0.1) is 6.04 Å². The summed E-state index contributed by atoms with van der Waals surface area (Å²) in [5, 5.41) is 3.62. The highest BCUT2D eigenvalue weighted by Crippen LogP contribution is 2.33. The van der Waals surface area contributed by atoms with Crippen molar-refractivity contribution in [1.29, 1.82) is 0 Å². The van der Waals surface area contributed by atoms with Crippen molar-refractivity contribution in [2.75, 3.05) is 19.8 Å². The van der Waals surface area contributed by atoms with Gasteiger partial charge in [-0.15, -0.1) is 0 Å². The van der Waals surface area contributed by atoms with Gasteiger partial charge in [-0.05, 0) is 25.5 Å². The van der Waals surface area contributed by atoms with E-state index in [4.69, 9.17) is 9.47 Å². The molecule has 118 valence electrons. The molecule has 2 rings (SSSR count). The number of nitrogens with one attached hydrogen (secondary N) is 1. The maximum atomic E-state index is 6.11. The van der Waals surface area contributed by atoms with E-state index in [1.54, 1.807) is 0 Å². The molecule has 0 radical (unpaired) electrons. The predicted molar refractivity (Wildman–Crippen MR) is 86.9 cm³/mol. The maximum Gasteiger partial charge on any atom is 0.124 e. The fourth-order valence-corrected chi connectivity index (χ4v) is 2.79. The lowest BCUT2D eigenvalue weighted by atomic mass is 9.98. The molecule has 0 bridgehead atoms. The SMILES string of the molecule is CCCCCCOC1COc2ccccc2C1NCCC. The molecule has 1 heterocycles. The summed E-state index contributed by atoms with van der Waals surface area (Å²) in [6.07, 6.45) is 6.21. The summed E-state index contributed by atoms with van der Waals surface area (Å²) in [7, 11) is 0. The van der Waals surface area contributed by atoms with Gasteiger partial charge in [0.1, 0.15) is 18.5 Å². The second-order valence-electron chi connectivity index (χ2n) is 5.75. The Kier molecular flexibility index (Phi) is 7.04. The van der Waals surface area contributed by atoms with E-state index in [0.717, 1.165) is 31.7 Å². The first kappa shape index (κ1) is 16.3. The quantitative estimate of drug-likeness (QED) is 0.695. The van der Waals surface area contributed by atoms with E-state index in [0.29, 0.717) is 6.61 Å². The average Bonchev–Trinajstić information content (AvgIpc) is 2.53. The van der Waals surface area contributed by atoms with Gasteiger partial charge in [-0.1, -0.05) is 51.3 Å². The number of hydrogen-bond donors (Lipinski definition) is 1. The van der Waals surface area contributed by atoms with Gasteiger partial charge in [-0.2, -0.15) is 0 Å². The Morgan fingerprint density at radius 2 is 2.00 bits per heavy atom. The van der Waals surface area contributed by atoms with E-state index in [9.17, 15) is 0 Å². The molecular formula is C18H29NO2. The predicted octanol–water partition coefficient (Wildman–Crippen LogP) is 4.09. The van der Waals surface area contributed by atoms with Gasteiger partial charge in [0.25, 0.3) is 0 Å². The third-order valence-corrected chi connectivity index (χ3v) is 3.97. The van der Waals surface area contributed by atoms with Crippen molar-refractivity contribution in [3.63, 3.8) is 0 Å². The lowest BCUT2D eigenvalue weighted by molar-refractivity contribution is -0.0168. The highest BCUT2D eigenvalue weighted by Gasteiger charge is 2.30. The summed E-state index contributed by atoms with van der Waals surface area (Å²) in [4.78, 5) is 0. The molecule has 2 atom stereocenters. The average molecular weight is 291 g/mol. The van der Waals surface area contributed by atoms with Crippen LogP contribution in [0.15, 0.2) is 24.3 Å². The van der Waals surface area contributed by atoms with Crippen molar-refractivity contribution in [1.82, 2.24) is 5.32 Å². The van der Waals surface area contributed by atoms with E-state index < -0.39 is 0 Å². The first-order valence-corrected chi connectivity index (χ1v) is 8.43. The minimum absolute atomic E-state index is 0.119. The summed E-state index contributed by atoms with van der Waals surface area (Å²) in [6.45, 7) is 6.91. The highest BCUT2D eigenvalue weighted by molar-refractivity contribution is 5.38. The van der Waals surface area contributed by atoms with Gasteiger partial charge in [0, 0.05) is 12.2 Å². The van der Waals surface area contributed by atoms with Crippen LogP contribution >= 0.6 is 0 Å². The Balaban J connectivity index is 1.93. The molecule has 0 amide bonds. The molecule has 1 aliphatic heterocycles. The standard InChI is InChI=1S/C18H29NO2/c1-3-5-6-9-13-20-17-14-21-16-11-8-7-10-15(16)18(17)19-12-4-2/h7-8,10-11,17-19H,3-6,9,12-14H2,1-2H3. The van der Waals surface area contributed by atoms with Gasteiger partial charge in [0.15, 0.2) is 0 Å². The molecule has 1 aliphatic rings. The zero-order chi connectivity index (χ0) is 14.9. The Labute approximate surface area is 129 Å². The van der Waals surface area contributed by atoms with E-state index in [-0.39, 0.29) is 12.1 Å². The van der Waals surface area contributed by atoms with Crippen LogP contribution in [0.1, 0.15) is 57.6 Å². The van der Waals surface area contributed by atoms with E-state index in [1.165, 1.54) is 24.8 Å². The molecule has 0 spiro atoms. The largest absolute Gasteiger partial charge is 0.490 e. The van der Waals surface area contributed by atoms with Crippen molar-refractivity contribution in [3.8, 4) is 5.75 Å². The zero-order valence-corrected chi connectivity index (χ0v) is 13.4. The van der Waals surface area contributed by atoms with Gasteiger partial charge in [-0.3, -0.25) is 0 Å². The molecule has 1 aromatic carbocycles. The molecule has 0 saturated heterocycles. The Bertz CT molecular complexity index is 408. The monoisotopic (exact) mass is 291 g/mol. The van der Waals surface area contributed by atoms with Gasteiger partial charge < -0.3 is 14.8 Å². The molecule has 3 nitrogen and oxygen atoms in total. The lowest BCUT2D eigenvalue weighted by Crippen LogP contribution is -2.41. The first-order chi connectivity index (χ1) is 10.4. The van der Waals surface area contributed by atoms with Crippen LogP contribution in [0.4, 0.5) is 0 Å².